The summed E-state index contributed by atoms with van der Waals surface area (Å²) in [5.41, 5.74) is 2.23. The molecular formula is C14H16N2O2. The lowest BCUT2D eigenvalue weighted by Gasteiger charge is -2.09. The highest BCUT2D eigenvalue weighted by atomic mass is 16.1. The molecule has 0 saturated carbocycles. The molecule has 0 unspecified atom stereocenters. The Labute approximate surface area is 105 Å². The van der Waals surface area contributed by atoms with Crippen molar-refractivity contribution >= 4 is 22.5 Å². The van der Waals surface area contributed by atoms with Crippen molar-refractivity contribution < 1.29 is 4.79 Å². The van der Waals surface area contributed by atoms with Crippen LogP contribution in [0.25, 0.3) is 10.9 Å². The van der Waals surface area contributed by atoms with E-state index < -0.39 is 0 Å². The predicted molar refractivity (Wildman–Crippen MR) is 72.8 cm³/mol. The van der Waals surface area contributed by atoms with Gasteiger partial charge in [-0.25, -0.2) is 0 Å². The van der Waals surface area contributed by atoms with Gasteiger partial charge in [-0.3, -0.25) is 9.59 Å². The van der Waals surface area contributed by atoms with Crippen LogP contribution in [0.4, 0.5) is 5.69 Å². The number of anilines is 1. The molecule has 0 spiro atoms. The van der Waals surface area contributed by atoms with Crippen LogP contribution >= 0.6 is 0 Å². The highest BCUT2D eigenvalue weighted by Crippen LogP contribution is 2.19. The van der Waals surface area contributed by atoms with Crippen molar-refractivity contribution in [2.45, 2.75) is 20.8 Å². The van der Waals surface area contributed by atoms with Gasteiger partial charge < -0.3 is 10.3 Å². The van der Waals surface area contributed by atoms with E-state index in [0.29, 0.717) is 5.69 Å². The molecule has 0 aliphatic carbocycles. The van der Waals surface area contributed by atoms with Crippen LogP contribution in [0.3, 0.4) is 0 Å². The van der Waals surface area contributed by atoms with E-state index in [0.717, 1.165) is 16.5 Å². The lowest BCUT2D eigenvalue weighted by Crippen LogP contribution is -2.17. The maximum atomic E-state index is 11.6. The summed E-state index contributed by atoms with van der Waals surface area (Å²) in [6.07, 6.45) is 0. The Balaban J connectivity index is 2.44. The van der Waals surface area contributed by atoms with Crippen molar-refractivity contribution in [3.05, 3.63) is 40.2 Å². The van der Waals surface area contributed by atoms with E-state index in [-0.39, 0.29) is 17.4 Å². The smallest absolute Gasteiger partial charge is 0.248 e. The Morgan fingerprint density at radius 1 is 1.28 bits per heavy atom. The molecular weight excluding hydrogens is 228 g/mol. The Morgan fingerprint density at radius 3 is 2.67 bits per heavy atom. The van der Waals surface area contributed by atoms with Gasteiger partial charge in [0.05, 0.1) is 5.52 Å². The SMILES string of the molecule is Cc1cc(=O)[nH]c2cc(NC(=O)C(C)C)ccc12. The molecule has 94 valence electrons. The van der Waals surface area contributed by atoms with Gasteiger partial charge >= 0.3 is 0 Å². The number of aromatic nitrogens is 1. The third kappa shape index (κ3) is 2.42. The van der Waals surface area contributed by atoms with Crippen molar-refractivity contribution in [3.8, 4) is 0 Å². The molecule has 2 N–H and O–H groups in total. The van der Waals surface area contributed by atoms with Crippen molar-refractivity contribution in [2.75, 3.05) is 5.32 Å². The van der Waals surface area contributed by atoms with E-state index in [1.54, 1.807) is 12.1 Å². The highest BCUT2D eigenvalue weighted by molar-refractivity contribution is 5.94. The molecule has 0 atom stereocenters. The van der Waals surface area contributed by atoms with Gasteiger partial charge in [0.25, 0.3) is 0 Å². The Kier molecular flexibility index (Phi) is 3.19. The molecule has 0 fully saturated rings. The van der Waals surface area contributed by atoms with E-state index in [1.807, 2.05) is 32.9 Å². The van der Waals surface area contributed by atoms with Gasteiger partial charge in [0.2, 0.25) is 11.5 Å². The van der Waals surface area contributed by atoms with Crippen LogP contribution in [-0.2, 0) is 4.79 Å². The molecule has 2 rings (SSSR count). The zero-order valence-electron chi connectivity index (χ0n) is 10.7. The number of hydrogen-bond acceptors (Lipinski definition) is 2. The number of amides is 1. The third-order valence-corrected chi connectivity index (χ3v) is 2.84. The number of fused-ring (bicyclic) bond motifs is 1. The molecule has 2 aromatic rings. The maximum absolute atomic E-state index is 11.6. The number of pyridine rings is 1. The number of aromatic amines is 1. The summed E-state index contributed by atoms with van der Waals surface area (Å²) in [5.74, 6) is -0.110. The first-order chi connectivity index (χ1) is 8.47. The maximum Gasteiger partial charge on any atom is 0.248 e. The Bertz CT molecular complexity index is 656. The first-order valence-corrected chi connectivity index (χ1v) is 5.92. The van der Waals surface area contributed by atoms with Crippen molar-refractivity contribution in [1.29, 1.82) is 0 Å². The first-order valence-electron chi connectivity index (χ1n) is 5.92. The van der Waals surface area contributed by atoms with Gasteiger partial charge in [-0.05, 0) is 24.6 Å². The summed E-state index contributed by atoms with van der Waals surface area (Å²) >= 11 is 0. The average Bonchev–Trinajstić information content (AvgIpc) is 2.27. The van der Waals surface area contributed by atoms with E-state index in [1.165, 1.54) is 0 Å². The van der Waals surface area contributed by atoms with E-state index >= 15 is 0 Å². The molecule has 0 aliphatic rings. The van der Waals surface area contributed by atoms with Crippen LogP contribution in [0, 0.1) is 12.8 Å². The number of carbonyl (C=O) groups excluding carboxylic acids is 1. The number of aryl methyl sites for hydroxylation is 1. The first kappa shape index (κ1) is 12.4. The standard InChI is InChI=1S/C14H16N2O2/c1-8(2)14(18)15-10-4-5-11-9(3)6-13(17)16-12(11)7-10/h4-8H,1-3H3,(H,15,18)(H,16,17). The monoisotopic (exact) mass is 244 g/mol. The summed E-state index contributed by atoms with van der Waals surface area (Å²) in [6.45, 7) is 5.56. The fourth-order valence-electron chi connectivity index (χ4n) is 1.80. The summed E-state index contributed by atoms with van der Waals surface area (Å²) in [6, 6.07) is 7.09. The van der Waals surface area contributed by atoms with Crippen LogP contribution in [0.1, 0.15) is 19.4 Å². The second-order valence-electron chi connectivity index (χ2n) is 4.72. The van der Waals surface area contributed by atoms with Gasteiger partial charge in [-0.2, -0.15) is 0 Å². The highest BCUT2D eigenvalue weighted by Gasteiger charge is 2.08. The van der Waals surface area contributed by atoms with Crippen LogP contribution in [0.2, 0.25) is 0 Å². The minimum Gasteiger partial charge on any atom is -0.326 e. The Hall–Kier alpha value is -2.10. The molecule has 4 heteroatoms. The van der Waals surface area contributed by atoms with E-state index in [9.17, 15) is 9.59 Å². The fourth-order valence-corrected chi connectivity index (χ4v) is 1.80. The van der Waals surface area contributed by atoms with E-state index in [2.05, 4.69) is 10.3 Å². The topological polar surface area (TPSA) is 62.0 Å². The molecule has 1 heterocycles. The van der Waals surface area contributed by atoms with Gasteiger partial charge in [0.1, 0.15) is 0 Å². The molecule has 0 aliphatic heterocycles. The molecule has 1 aromatic carbocycles. The number of hydrogen-bond donors (Lipinski definition) is 2. The minimum atomic E-state index is -0.132. The van der Waals surface area contributed by atoms with Gasteiger partial charge in [-0.15, -0.1) is 0 Å². The van der Waals surface area contributed by atoms with Crippen LogP contribution in [0.15, 0.2) is 29.1 Å². The zero-order chi connectivity index (χ0) is 13.3. The predicted octanol–water partition coefficient (Wildman–Crippen LogP) is 2.43. The minimum absolute atomic E-state index is 0.0376. The lowest BCUT2D eigenvalue weighted by atomic mass is 10.1. The van der Waals surface area contributed by atoms with E-state index in [4.69, 9.17) is 0 Å². The fraction of sp³-hybridized carbons (Fsp3) is 0.286. The number of H-pyrrole nitrogens is 1. The lowest BCUT2D eigenvalue weighted by molar-refractivity contribution is -0.118. The normalized spacial score (nSPS) is 10.9. The molecule has 0 saturated heterocycles. The summed E-state index contributed by atoms with van der Waals surface area (Å²) in [5, 5.41) is 3.79. The van der Waals surface area contributed by atoms with Crippen molar-refractivity contribution in [2.24, 2.45) is 5.92 Å². The Morgan fingerprint density at radius 2 is 2.00 bits per heavy atom. The third-order valence-electron chi connectivity index (χ3n) is 2.84. The van der Waals surface area contributed by atoms with Crippen LogP contribution < -0.4 is 10.9 Å². The molecule has 0 radical (unpaired) electrons. The quantitative estimate of drug-likeness (QED) is 0.852. The summed E-state index contributed by atoms with van der Waals surface area (Å²) in [7, 11) is 0. The van der Waals surface area contributed by atoms with Crippen LogP contribution in [-0.4, -0.2) is 10.9 Å². The molecule has 0 bridgehead atoms. The van der Waals surface area contributed by atoms with Gasteiger partial charge in [0.15, 0.2) is 0 Å². The number of carbonyl (C=O) groups is 1. The average molecular weight is 244 g/mol. The van der Waals surface area contributed by atoms with Crippen molar-refractivity contribution in [3.63, 3.8) is 0 Å². The van der Waals surface area contributed by atoms with Gasteiger partial charge in [0, 0.05) is 23.1 Å². The largest absolute Gasteiger partial charge is 0.326 e. The molecule has 4 nitrogen and oxygen atoms in total. The molecule has 18 heavy (non-hydrogen) atoms. The zero-order valence-corrected chi connectivity index (χ0v) is 10.7. The van der Waals surface area contributed by atoms with Crippen LogP contribution in [0.5, 0.6) is 0 Å². The number of rotatable bonds is 2. The van der Waals surface area contributed by atoms with Gasteiger partial charge in [-0.1, -0.05) is 19.9 Å². The second kappa shape index (κ2) is 4.64. The summed E-state index contributed by atoms with van der Waals surface area (Å²) in [4.78, 5) is 25.8. The second-order valence-corrected chi connectivity index (χ2v) is 4.72. The number of benzene rings is 1. The van der Waals surface area contributed by atoms with Crippen molar-refractivity contribution in [1.82, 2.24) is 4.98 Å². The molecule has 1 aromatic heterocycles. The number of nitrogens with one attached hydrogen (secondary N) is 2. The molecule has 1 amide bonds. The summed E-state index contributed by atoms with van der Waals surface area (Å²) < 4.78 is 0.